The molecule has 126 valence electrons. The number of halogens is 2. The number of hydrogen-bond donors (Lipinski definition) is 1. The van der Waals surface area contributed by atoms with E-state index in [2.05, 4.69) is 5.32 Å². The lowest BCUT2D eigenvalue weighted by Gasteiger charge is -2.41. The van der Waals surface area contributed by atoms with Gasteiger partial charge in [-0.15, -0.1) is 0 Å². The van der Waals surface area contributed by atoms with Gasteiger partial charge in [0.05, 0.1) is 16.9 Å². The van der Waals surface area contributed by atoms with Crippen molar-refractivity contribution in [1.82, 2.24) is 9.62 Å². The van der Waals surface area contributed by atoms with Gasteiger partial charge < -0.3 is 5.32 Å². The fourth-order valence-electron chi connectivity index (χ4n) is 3.32. The normalized spacial score (nSPS) is 28.0. The lowest BCUT2D eigenvalue weighted by atomic mass is 9.78. The highest BCUT2D eigenvalue weighted by Crippen LogP contribution is 2.44. The zero-order valence-electron chi connectivity index (χ0n) is 12.7. The number of sulfonamides is 1. The topological polar surface area (TPSA) is 66.5 Å². The van der Waals surface area contributed by atoms with Gasteiger partial charge in [0.15, 0.2) is 0 Å². The molecule has 1 spiro atoms. The fraction of sp³-hybridized carbons (Fsp3) is 0.533. The Morgan fingerprint density at radius 2 is 1.83 bits per heavy atom. The van der Waals surface area contributed by atoms with Crippen molar-refractivity contribution in [1.29, 1.82) is 0 Å². The van der Waals surface area contributed by atoms with E-state index in [-0.39, 0.29) is 17.9 Å². The average molecular weight is 344 g/mol. The minimum Gasteiger partial charge on any atom is -0.356 e. The number of carbonyl (C=O) groups excluding carboxylic acids is 1. The van der Waals surface area contributed by atoms with Crippen molar-refractivity contribution < 1.29 is 22.0 Å². The van der Waals surface area contributed by atoms with Crippen molar-refractivity contribution in [2.45, 2.75) is 30.6 Å². The standard InChI is InChI=1S/C15H18F2N2O3S/c1-11-2-4-12(5-3-11)23(21,22)19-9-14(6-7-18-13(14)20)8-15(16,17)10-19/h2-5H,6-10H2,1H3,(H,18,20)/t14-/m1/s1. The van der Waals surface area contributed by atoms with Crippen LogP contribution in [0.5, 0.6) is 0 Å². The molecule has 1 N–H and O–H groups in total. The van der Waals surface area contributed by atoms with Gasteiger partial charge in [0.25, 0.3) is 5.92 Å². The van der Waals surface area contributed by atoms with Crippen LogP contribution in [-0.2, 0) is 14.8 Å². The highest BCUT2D eigenvalue weighted by molar-refractivity contribution is 7.89. The van der Waals surface area contributed by atoms with Crippen LogP contribution in [0.2, 0.25) is 0 Å². The number of carbonyl (C=O) groups is 1. The van der Waals surface area contributed by atoms with E-state index in [1.807, 2.05) is 6.92 Å². The lowest BCUT2D eigenvalue weighted by Crippen LogP contribution is -2.56. The van der Waals surface area contributed by atoms with E-state index in [1.165, 1.54) is 12.1 Å². The van der Waals surface area contributed by atoms with Crippen molar-refractivity contribution >= 4 is 15.9 Å². The molecule has 0 aliphatic carbocycles. The molecule has 0 unspecified atom stereocenters. The second kappa shape index (κ2) is 5.24. The molecule has 0 radical (unpaired) electrons. The number of aryl methyl sites for hydroxylation is 1. The van der Waals surface area contributed by atoms with Crippen LogP contribution < -0.4 is 5.32 Å². The molecule has 0 bridgehead atoms. The third-order valence-electron chi connectivity index (χ3n) is 4.51. The van der Waals surface area contributed by atoms with Crippen molar-refractivity contribution in [3.63, 3.8) is 0 Å². The first-order valence-electron chi connectivity index (χ1n) is 7.38. The molecule has 0 saturated carbocycles. The molecule has 2 saturated heterocycles. The van der Waals surface area contributed by atoms with E-state index in [0.717, 1.165) is 9.87 Å². The lowest BCUT2D eigenvalue weighted by molar-refractivity contribution is -0.142. The quantitative estimate of drug-likeness (QED) is 0.885. The van der Waals surface area contributed by atoms with Gasteiger partial charge in [-0.1, -0.05) is 17.7 Å². The molecule has 1 atom stereocenters. The van der Waals surface area contributed by atoms with Gasteiger partial charge in [-0.05, 0) is 25.5 Å². The number of rotatable bonds is 2. The monoisotopic (exact) mass is 344 g/mol. The summed E-state index contributed by atoms with van der Waals surface area (Å²) in [4.78, 5) is 12.0. The zero-order chi connectivity index (χ0) is 16.9. The third-order valence-corrected chi connectivity index (χ3v) is 6.32. The number of amides is 1. The molecule has 0 aromatic heterocycles. The minimum atomic E-state index is -4.06. The SMILES string of the molecule is Cc1ccc(S(=O)(=O)N2CC(F)(F)C[C@]3(CCNC3=O)C2)cc1. The van der Waals surface area contributed by atoms with Crippen molar-refractivity contribution in [2.24, 2.45) is 5.41 Å². The van der Waals surface area contributed by atoms with Crippen LogP contribution in [0.3, 0.4) is 0 Å². The van der Waals surface area contributed by atoms with E-state index < -0.39 is 40.2 Å². The van der Waals surface area contributed by atoms with Crippen molar-refractivity contribution in [3.8, 4) is 0 Å². The second-order valence-corrected chi connectivity index (χ2v) is 8.34. The molecule has 3 rings (SSSR count). The average Bonchev–Trinajstić information content (AvgIpc) is 2.78. The molecule has 1 aromatic carbocycles. The summed E-state index contributed by atoms with van der Waals surface area (Å²) in [6.45, 7) is 1.01. The van der Waals surface area contributed by atoms with Crippen LogP contribution in [0.15, 0.2) is 29.2 Å². The first-order chi connectivity index (χ1) is 10.6. The summed E-state index contributed by atoms with van der Waals surface area (Å²) in [7, 11) is -4.06. The molecule has 1 amide bonds. The molecule has 2 aliphatic heterocycles. The smallest absolute Gasteiger partial charge is 0.262 e. The van der Waals surface area contributed by atoms with Crippen molar-refractivity contribution in [2.75, 3.05) is 19.6 Å². The van der Waals surface area contributed by atoms with Gasteiger partial charge in [0.1, 0.15) is 0 Å². The van der Waals surface area contributed by atoms with E-state index in [1.54, 1.807) is 12.1 Å². The Labute approximate surface area is 133 Å². The van der Waals surface area contributed by atoms with Crippen LogP contribution in [-0.4, -0.2) is 44.2 Å². The summed E-state index contributed by atoms with van der Waals surface area (Å²) in [5.74, 6) is -3.71. The number of benzene rings is 1. The van der Waals surface area contributed by atoms with E-state index in [9.17, 15) is 22.0 Å². The molecule has 1 aromatic rings. The highest BCUT2D eigenvalue weighted by Gasteiger charge is 2.57. The van der Waals surface area contributed by atoms with E-state index in [4.69, 9.17) is 0 Å². The van der Waals surface area contributed by atoms with Crippen LogP contribution >= 0.6 is 0 Å². The fourth-order valence-corrected chi connectivity index (χ4v) is 4.88. The minimum absolute atomic E-state index is 0.0330. The van der Waals surface area contributed by atoms with E-state index >= 15 is 0 Å². The molecule has 8 heteroatoms. The zero-order valence-corrected chi connectivity index (χ0v) is 13.5. The van der Waals surface area contributed by atoms with Crippen molar-refractivity contribution in [3.05, 3.63) is 29.8 Å². The Bertz CT molecular complexity index is 734. The Kier molecular flexibility index (Phi) is 3.72. The predicted octanol–water partition coefficient (Wildman–Crippen LogP) is 1.53. The Morgan fingerprint density at radius 1 is 1.17 bits per heavy atom. The Balaban J connectivity index is 1.98. The summed E-state index contributed by atoms with van der Waals surface area (Å²) >= 11 is 0. The number of piperidine rings is 1. The van der Waals surface area contributed by atoms with Crippen LogP contribution in [0.4, 0.5) is 8.78 Å². The predicted molar refractivity (Wildman–Crippen MR) is 79.6 cm³/mol. The summed E-state index contributed by atoms with van der Waals surface area (Å²) in [5.41, 5.74) is -0.459. The Hall–Kier alpha value is -1.54. The number of nitrogens with zero attached hydrogens (tertiary/aromatic N) is 1. The van der Waals surface area contributed by atoms with Crippen LogP contribution in [0.25, 0.3) is 0 Å². The van der Waals surface area contributed by atoms with Gasteiger partial charge in [-0.2, -0.15) is 4.31 Å². The van der Waals surface area contributed by atoms with Gasteiger partial charge >= 0.3 is 0 Å². The highest BCUT2D eigenvalue weighted by atomic mass is 32.2. The number of alkyl halides is 2. The maximum absolute atomic E-state index is 14.1. The number of hydrogen-bond acceptors (Lipinski definition) is 3. The molecule has 23 heavy (non-hydrogen) atoms. The third kappa shape index (κ3) is 2.85. The molecule has 2 fully saturated rings. The molecule has 5 nitrogen and oxygen atoms in total. The molecule has 2 heterocycles. The molecule has 2 aliphatic rings. The first-order valence-corrected chi connectivity index (χ1v) is 8.82. The van der Waals surface area contributed by atoms with Gasteiger partial charge in [-0.3, -0.25) is 4.79 Å². The summed E-state index contributed by atoms with van der Waals surface area (Å²) in [6, 6.07) is 6.04. The molecular weight excluding hydrogens is 326 g/mol. The maximum atomic E-state index is 14.1. The summed E-state index contributed by atoms with van der Waals surface area (Å²) < 4.78 is 54.4. The van der Waals surface area contributed by atoms with Gasteiger partial charge in [-0.25, -0.2) is 17.2 Å². The van der Waals surface area contributed by atoms with Gasteiger partial charge in [0, 0.05) is 19.5 Å². The maximum Gasteiger partial charge on any atom is 0.262 e. The molecular formula is C15H18F2N2O3S. The Morgan fingerprint density at radius 3 is 2.39 bits per heavy atom. The first kappa shape index (κ1) is 16.3. The summed E-state index contributed by atoms with van der Waals surface area (Å²) in [6.07, 6.45) is -0.382. The second-order valence-electron chi connectivity index (χ2n) is 6.41. The largest absolute Gasteiger partial charge is 0.356 e. The van der Waals surface area contributed by atoms with Gasteiger partial charge in [0.2, 0.25) is 15.9 Å². The number of nitrogens with one attached hydrogen (secondary N) is 1. The summed E-state index contributed by atoms with van der Waals surface area (Å²) in [5, 5.41) is 2.54. The van der Waals surface area contributed by atoms with Crippen LogP contribution in [0, 0.1) is 12.3 Å². The van der Waals surface area contributed by atoms with E-state index in [0.29, 0.717) is 6.54 Å². The van der Waals surface area contributed by atoms with Crippen LogP contribution in [0.1, 0.15) is 18.4 Å².